The standard InChI is InChI=1S/C12H19F2NOS2/c1-9(17-2)5-6-15-7-10-3-4-11(16-10)8-18-12(13)14/h3-4,9,12,15H,5-8H2,1-2H3. The van der Waals surface area contributed by atoms with Gasteiger partial charge in [0.05, 0.1) is 12.3 Å². The summed E-state index contributed by atoms with van der Waals surface area (Å²) in [5.74, 6) is -0.711. The van der Waals surface area contributed by atoms with Crippen LogP contribution in [0.5, 0.6) is 0 Å². The molecule has 6 heteroatoms. The Balaban J connectivity index is 2.19. The van der Waals surface area contributed by atoms with Crippen LogP contribution in [0.15, 0.2) is 16.5 Å². The summed E-state index contributed by atoms with van der Waals surface area (Å²) in [6, 6.07) is 3.60. The highest BCUT2D eigenvalue weighted by atomic mass is 32.2. The Labute approximate surface area is 115 Å². The molecule has 1 aromatic heterocycles. The fraction of sp³-hybridized carbons (Fsp3) is 0.667. The van der Waals surface area contributed by atoms with Gasteiger partial charge in [0.2, 0.25) is 0 Å². The largest absolute Gasteiger partial charge is 0.464 e. The number of thioether (sulfide) groups is 2. The van der Waals surface area contributed by atoms with Crippen LogP contribution in [0.3, 0.4) is 0 Å². The Bertz CT molecular complexity index is 334. The average Bonchev–Trinajstić information content (AvgIpc) is 2.79. The smallest absolute Gasteiger partial charge is 0.284 e. The topological polar surface area (TPSA) is 25.2 Å². The number of halogens is 2. The van der Waals surface area contributed by atoms with Gasteiger partial charge in [-0.15, -0.1) is 0 Å². The molecule has 1 unspecified atom stereocenters. The number of furan rings is 1. The van der Waals surface area contributed by atoms with E-state index < -0.39 is 5.76 Å². The summed E-state index contributed by atoms with van der Waals surface area (Å²) in [5.41, 5.74) is 0. The van der Waals surface area contributed by atoms with Crippen molar-refractivity contribution < 1.29 is 13.2 Å². The van der Waals surface area contributed by atoms with Crippen molar-refractivity contribution in [3.8, 4) is 0 Å². The number of hydrogen-bond donors (Lipinski definition) is 1. The molecule has 0 saturated carbocycles. The Hall–Kier alpha value is -0.200. The number of nitrogens with one attached hydrogen (secondary N) is 1. The Morgan fingerprint density at radius 2 is 2.06 bits per heavy atom. The van der Waals surface area contributed by atoms with E-state index >= 15 is 0 Å². The quantitative estimate of drug-likeness (QED) is 0.697. The summed E-state index contributed by atoms with van der Waals surface area (Å²) in [4.78, 5) is 0. The summed E-state index contributed by atoms with van der Waals surface area (Å²) in [6.45, 7) is 3.78. The van der Waals surface area contributed by atoms with E-state index in [-0.39, 0.29) is 5.75 Å². The van der Waals surface area contributed by atoms with Gasteiger partial charge >= 0.3 is 0 Å². The van der Waals surface area contributed by atoms with Gasteiger partial charge in [-0.05, 0) is 31.4 Å². The zero-order chi connectivity index (χ0) is 13.4. The van der Waals surface area contributed by atoms with Crippen molar-refractivity contribution in [3.63, 3.8) is 0 Å². The van der Waals surface area contributed by atoms with E-state index in [1.165, 1.54) is 0 Å². The summed E-state index contributed by atoms with van der Waals surface area (Å²) in [6.07, 6.45) is 3.21. The molecule has 18 heavy (non-hydrogen) atoms. The second-order valence-electron chi connectivity index (χ2n) is 3.95. The lowest BCUT2D eigenvalue weighted by atomic mass is 10.3. The molecule has 2 nitrogen and oxygen atoms in total. The molecule has 0 fully saturated rings. The monoisotopic (exact) mass is 295 g/mol. The molecule has 0 saturated heterocycles. The lowest BCUT2D eigenvalue weighted by Gasteiger charge is -2.07. The summed E-state index contributed by atoms with van der Waals surface area (Å²) in [5, 5.41) is 3.93. The van der Waals surface area contributed by atoms with Crippen LogP contribution in [-0.4, -0.2) is 23.8 Å². The molecule has 104 valence electrons. The third kappa shape index (κ3) is 6.66. The predicted octanol–water partition coefficient (Wildman–Crippen LogP) is 3.97. The molecule has 1 heterocycles. The molecule has 0 aliphatic carbocycles. The molecular formula is C12H19F2NOS2. The van der Waals surface area contributed by atoms with Gasteiger partial charge in [-0.3, -0.25) is 0 Å². The van der Waals surface area contributed by atoms with Crippen LogP contribution in [0.25, 0.3) is 0 Å². The van der Waals surface area contributed by atoms with E-state index in [2.05, 4.69) is 18.5 Å². The van der Waals surface area contributed by atoms with Crippen LogP contribution in [0, 0.1) is 0 Å². The molecule has 1 rings (SSSR count). The lowest BCUT2D eigenvalue weighted by molar-refractivity contribution is 0.251. The Kier molecular flexibility index (Phi) is 7.77. The molecule has 0 bridgehead atoms. The summed E-state index contributed by atoms with van der Waals surface area (Å²) in [7, 11) is 0. The molecule has 0 aromatic carbocycles. The summed E-state index contributed by atoms with van der Waals surface area (Å²) < 4.78 is 29.4. The first-order valence-electron chi connectivity index (χ1n) is 5.82. The van der Waals surface area contributed by atoms with Crippen molar-refractivity contribution in [1.29, 1.82) is 0 Å². The first kappa shape index (κ1) is 15.9. The predicted molar refractivity (Wildman–Crippen MR) is 75.3 cm³/mol. The van der Waals surface area contributed by atoms with Crippen LogP contribution in [0.1, 0.15) is 24.9 Å². The minimum atomic E-state index is -2.34. The minimum absolute atomic E-state index is 0.223. The SMILES string of the molecule is CSC(C)CCNCc1ccc(CSC(F)F)o1. The molecular weight excluding hydrogens is 276 g/mol. The molecule has 1 N–H and O–H groups in total. The van der Waals surface area contributed by atoms with Crippen molar-refractivity contribution in [2.45, 2.75) is 36.6 Å². The van der Waals surface area contributed by atoms with Gasteiger partial charge in [0, 0.05) is 5.25 Å². The minimum Gasteiger partial charge on any atom is -0.464 e. The van der Waals surface area contributed by atoms with E-state index in [9.17, 15) is 8.78 Å². The highest BCUT2D eigenvalue weighted by molar-refractivity contribution is 7.99. The third-order valence-corrected chi connectivity index (χ3v) is 4.24. The molecule has 0 aliphatic rings. The Morgan fingerprint density at radius 1 is 1.33 bits per heavy atom. The molecule has 1 atom stereocenters. The molecule has 0 radical (unpaired) electrons. The maximum atomic E-state index is 12.0. The van der Waals surface area contributed by atoms with Crippen molar-refractivity contribution in [2.75, 3.05) is 12.8 Å². The van der Waals surface area contributed by atoms with Gasteiger partial charge in [0.1, 0.15) is 11.5 Å². The molecule has 1 aromatic rings. The van der Waals surface area contributed by atoms with Gasteiger partial charge in [-0.25, -0.2) is 0 Å². The van der Waals surface area contributed by atoms with E-state index in [0.29, 0.717) is 29.3 Å². The molecule has 0 aliphatic heterocycles. The molecule has 0 spiro atoms. The highest BCUT2D eigenvalue weighted by Crippen LogP contribution is 2.21. The average molecular weight is 295 g/mol. The zero-order valence-corrected chi connectivity index (χ0v) is 12.3. The fourth-order valence-electron chi connectivity index (χ4n) is 1.37. The molecule has 0 amide bonds. The van der Waals surface area contributed by atoms with Gasteiger partial charge in [-0.2, -0.15) is 20.5 Å². The van der Waals surface area contributed by atoms with E-state index in [1.54, 1.807) is 6.07 Å². The van der Waals surface area contributed by atoms with Crippen LogP contribution >= 0.6 is 23.5 Å². The number of alkyl halides is 2. The van der Waals surface area contributed by atoms with Crippen molar-refractivity contribution >= 4 is 23.5 Å². The number of hydrogen-bond acceptors (Lipinski definition) is 4. The number of rotatable bonds is 9. The van der Waals surface area contributed by atoms with Crippen LogP contribution < -0.4 is 5.32 Å². The maximum Gasteiger partial charge on any atom is 0.284 e. The van der Waals surface area contributed by atoms with Gasteiger partial charge in [0.25, 0.3) is 5.76 Å². The van der Waals surface area contributed by atoms with Crippen molar-refractivity contribution in [3.05, 3.63) is 23.7 Å². The highest BCUT2D eigenvalue weighted by Gasteiger charge is 2.07. The normalized spacial score (nSPS) is 13.2. The summed E-state index contributed by atoms with van der Waals surface area (Å²) >= 11 is 2.43. The first-order chi connectivity index (χ1) is 8.61. The van der Waals surface area contributed by atoms with Crippen LogP contribution in [0.4, 0.5) is 8.78 Å². The first-order valence-corrected chi connectivity index (χ1v) is 8.16. The van der Waals surface area contributed by atoms with Gasteiger partial charge in [-0.1, -0.05) is 18.7 Å². The van der Waals surface area contributed by atoms with Crippen molar-refractivity contribution in [1.82, 2.24) is 5.32 Å². The van der Waals surface area contributed by atoms with Crippen LogP contribution in [0.2, 0.25) is 0 Å². The van der Waals surface area contributed by atoms with Crippen molar-refractivity contribution in [2.24, 2.45) is 0 Å². The van der Waals surface area contributed by atoms with Gasteiger partial charge in [0.15, 0.2) is 0 Å². The fourth-order valence-corrected chi connectivity index (χ4v) is 2.17. The van der Waals surface area contributed by atoms with Crippen LogP contribution in [-0.2, 0) is 12.3 Å². The Morgan fingerprint density at radius 3 is 2.72 bits per heavy atom. The third-order valence-electron chi connectivity index (χ3n) is 2.50. The van der Waals surface area contributed by atoms with E-state index in [0.717, 1.165) is 18.7 Å². The van der Waals surface area contributed by atoms with E-state index in [4.69, 9.17) is 4.42 Å². The van der Waals surface area contributed by atoms with Gasteiger partial charge < -0.3 is 9.73 Å². The maximum absolute atomic E-state index is 12.0. The van der Waals surface area contributed by atoms with E-state index in [1.807, 2.05) is 17.8 Å². The second-order valence-corrected chi connectivity index (χ2v) is 6.21. The lowest BCUT2D eigenvalue weighted by Crippen LogP contribution is -2.17. The second kappa shape index (κ2) is 8.82. The zero-order valence-electron chi connectivity index (χ0n) is 10.6.